The van der Waals surface area contributed by atoms with Crippen LogP contribution in [0.3, 0.4) is 0 Å². The third kappa shape index (κ3) is 4.81. The topological polar surface area (TPSA) is 50.8 Å². The van der Waals surface area contributed by atoms with Gasteiger partial charge in [0.1, 0.15) is 0 Å². The van der Waals surface area contributed by atoms with Gasteiger partial charge in [-0.05, 0) is 26.3 Å². The second kappa shape index (κ2) is 7.46. The minimum atomic E-state index is -0.305. The number of nitrogens with zero attached hydrogens (tertiary/aromatic N) is 1. The van der Waals surface area contributed by atoms with Crippen molar-refractivity contribution < 1.29 is 14.3 Å². The SMILES string of the molecule is CCOC(=O)NC1CCCN(CCOC)C1. The zero-order valence-corrected chi connectivity index (χ0v) is 10.2. The van der Waals surface area contributed by atoms with Gasteiger partial charge in [0, 0.05) is 26.2 Å². The van der Waals surface area contributed by atoms with Gasteiger partial charge in [-0.15, -0.1) is 0 Å². The number of alkyl carbamates (subject to hydrolysis) is 1. The highest BCUT2D eigenvalue weighted by atomic mass is 16.5. The lowest BCUT2D eigenvalue weighted by Crippen LogP contribution is -2.48. The lowest BCUT2D eigenvalue weighted by atomic mass is 10.1. The van der Waals surface area contributed by atoms with Crippen LogP contribution in [0.2, 0.25) is 0 Å². The molecule has 1 saturated heterocycles. The average Bonchev–Trinajstić information content (AvgIpc) is 2.27. The smallest absolute Gasteiger partial charge is 0.407 e. The van der Waals surface area contributed by atoms with E-state index in [2.05, 4.69) is 10.2 Å². The van der Waals surface area contributed by atoms with Crippen molar-refractivity contribution >= 4 is 6.09 Å². The third-order valence-corrected chi connectivity index (χ3v) is 2.71. The van der Waals surface area contributed by atoms with Gasteiger partial charge in [0.25, 0.3) is 0 Å². The fourth-order valence-corrected chi connectivity index (χ4v) is 1.94. The summed E-state index contributed by atoms with van der Waals surface area (Å²) in [5.74, 6) is 0. The molecule has 1 unspecified atom stereocenters. The molecule has 0 aliphatic carbocycles. The number of ether oxygens (including phenoxy) is 2. The van der Waals surface area contributed by atoms with Gasteiger partial charge in [0.05, 0.1) is 13.2 Å². The molecule has 1 N–H and O–H groups in total. The number of carbonyl (C=O) groups excluding carboxylic acids is 1. The zero-order valence-electron chi connectivity index (χ0n) is 10.2. The molecule has 16 heavy (non-hydrogen) atoms. The van der Waals surface area contributed by atoms with Crippen LogP contribution in [0.15, 0.2) is 0 Å². The van der Waals surface area contributed by atoms with Gasteiger partial charge in [0.2, 0.25) is 0 Å². The predicted octanol–water partition coefficient (Wildman–Crippen LogP) is 0.843. The van der Waals surface area contributed by atoms with E-state index in [1.807, 2.05) is 6.92 Å². The van der Waals surface area contributed by atoms with Crippen molar-refractivity contribution in [2.75, 3.05) is 40.0 Å². The van der Waals surface area contributed by atoms with Crippen molar-refractivity contribution in [3.8, 4) is 0 Å². The van der Waals surface area contributed by atoms with Crippen molar-refractivity contribution in [2.24, 2.45) is 0 Å². The van der Waals surface area contributed by atoms with Crippen molar-refractivity contribution in [3.63, 3.8) is 0 Å². The van der Waals surface area contributed by atoms with Gasteiger partial charge in [-0.1, -0.05) is 0 Å². The van der Waals surface area contributed by atoms with Crippen LogP contribution in [-0.4, -0.2) is 57.0 Å². The van der Waals surface area contributed by atoms with E-state index >= 15 is 0 Å². The predicted molar refractivity (Wildman–Crippen MR) is 61.5 cm³/mol. The second-order valence-electron chi connectivity index (χ2n) is 4.00. The average molecular weight is 230 g/mol. The Labute approximate surface area is 97.1 Å². The summed E-state index contributed by atoms with van der Waals surface area (Å²) in [6, 6.07) is 0.213. The van der Waals surface area contributed by atoms with Crippen molar-refractivity contribution in [1.82, 2.24) is 10.2 Å². The normalized spacial score (nSPS) is 21.8. The van der Waals surface area contributed by atoms with Gasteiger partial charge >= 0.3 is 6.09 Å². The van der Waals surface area contributed by atoms with E-state index in [0.717, 1.165) is 39.1 Å². The molecule has 1 fully saturated rings. The number of nitrogens with one attached hydrogen (secondary N) is 1. The van der Waals surface area contributed by atoms with Crippen LogP contribution in [0.5, 0.6) is 0 Å². The maximum atomic E-state index is 11.3. The fourth-order valence-electron chi connectivity index (χ4n) is 1.94. The Bertz CT molecular complexity index is 211. The number of piperidine rings is 1. The summed E-state index contributed by atoms with van der Waals surface area (Å²) in [6.45, 7) is 5.88. The van der Waals surface area contributed by atoms with Crippen molar-refractivity contribution in [1.29, 1.82) is 0 Å². The fraction of sp³-hybridized carbons (Fsp3) is 0.909. The molecule has 0 aromatic carbocycles. The Kier molecular flexibility index (Phi) is 6.18. The van der Waals surface area contributed by atoms with E-state index in [9.17, 15) is 4.79 Å². The molecule has 0 aromatic rings. The first-order valence-corrected chi connectivity index (χ1v) is 5.90. The molecule has 1 aliphatic heterocycles. The van der Waals surface area contributed by atoms with E-state index in [1.54, 1.807) is 7.11 Å². The molecule has 0 radical (unpaired) electrons. The van der Waals surface area contributed by atoms with E-state index in [4.69, 9.17) is 9.47 Å². The Morgan fingerprint density at radius 1 is 1.56 bits per heavy atom. The summed E-state index contributed by atoms with van der Waals surface area (Å²) in [6.07, 6.45) is 1.84. The molecule has 0 spiro atoms. The van der Waals surface area contributed by atoms with Gasteiger partial charge in [-0.25, -0.2) is 4.79 Å². The number of carbonyl (C=O) groups is 1. The number of hydrogen-bond acceptors (Lipinski definition) is 4. The van der Waals surface area contributed by atoms with Crippen LogP contribution < -0.4 is 5.32 Å². The molecule has 5 heteroatoms. The molecule has 94 valence electrons. The van der Waals surface area contributed by atoms with E-state index in [1.165, 1.54) is 0 Å². The van der Waals surface area contributed by atoms with Crippen LogP contribution >= 0.6 is 0 Å². The summed E-state index contributed by atoms with van der Waals surface area (Å²) >= 11 is 0. The first-order valence-electron chi connectivity index (χ1n) is 5.90. The van der Waals surface area contributed by atoms with E-state index < -0.39 is 0 Å². The minimum absolute atomic E-state index is 0.213. The van der Waals surface area contributed by atoms with Crippen LogP contribution in [0, 0.1) is 0 Å². The van der Waals surface area contributed by atoms with Crippen LogP contribution in [-0.2, 0) is 9.47 Å². The monoisotopic (exact) mass is 230 g/mol. The van der Waals surface area contributed by atoms with Gasteiger partial charge < -0.3 is 14.8 Å². The maximum Gasteiger partial charge on any atom is 0.407 e. The lowest BCUT2D eigenvalue weighted by Gasteiger charge is -2.32. The molecule has 0 saturated carbocycles. The largest absolute Gasteiger partial charge is 0.450 e. The van der Waals surface area contributed by atoms with Gasteiger partial charge in [0.15, 0.2) is 0 Å². The molecule has 1 atom stereocenters. The van der Waals surface area contributed by atoms with Gasteiger partial charge in [-0.2, -0.15) is 0 Å². The molecule has 1 amide bonds. The molecule has 1 aliphatic rings. The number of amides is 1. The van der Waals surface area contributed by atoms with E-state index in [-0.39, 0.29) is 12.1 Å². The molecule has 0 bridgehead atoms. The Balaban J connectivity index is 2.24. The molecular formula is C11H22N2O3. The number of methoxy groups -OCH3 is 1. The van der Waals surface area contributed by atoms with Crippen LogP contribution in [0.1, 0.15) is 19.8 Å². The molecule has 0 aromatic heterocycles. The Hall–Kier alpha value is -0.810. The highest BCUT2D eigenvalue weighted by Crippen LogP contribution is 2.09. The molecule has 5 nitrogen and oxygen atoms in total. The molecular weight excluding hydrogens is 208 g/mol. The van der Waals surface area contributed by atoms with Crippen LogP contribution in [0.4, 0.5) is 4.79 Å². The minimum Gasteiger partial charge on any atom is -0.450 e. The highest BCUT2D eigenvalue weighted by molar-refractivity contribution is 5.67. The number of rotatable bonds is 5. The summed E-state index contributed by atoms with van der Waals surface area (Å²) < 4.78 is 9.91. The van der Waals surface area contributed by atoms with Gasteiger partial charge in [-0.3, -0.25) is 4.90 Å². The second-order valence-corrected chi connectivity index (χ2v) is 4.00. The quantitative estimate of drug-likeness (QED) is 0.760. The summed E-state index contributed by atoms with van der Waals surface area (Å²) in [5, 5.41) is 2.88. The maximum absolute atomic E-state index is 11.3. The Morgan fingerprint density at radius 3 is 3.06 bits per heavy atom. The van der Waals surface area contributed by atoms with E-state index in [0.29, 0.717) is 6.61 Å². The number of likely N-dealkylation sites (tertiary alicyclic amines) is 1. The lowest BCUT2D eigenvalue weighted by molar-refractivity contribution is 0.113. The summed E-state index contributed by atoms with van der Waals surface area (Å²) in [5.41, 5.74) is 0. The summed E-state index contributed by atoms with van der Waals surface area (Å²) in [7, 11) is 1.71. The molecule has 1 heterocycles. The number of hydrogen-bond donors (Lipinski definition) is 1. The Morgan fingerprint density at radius 2 is 2.38 bits per heavy atom. The first-order chi connectivity index (χ1) is 7.76. The third-order valence-electron chi connectivity index (χ3n) is 2.71. The zero-order chi connectivity index (χ0) is 11.8. The van der Waals surface area contributed by atoms with Crippen molar-refractivity contribution in [2.45, 2.75) is 25.8 Å². The first kappa shape index (κ1) is 13.3. The molecule has 1 rings (SSSR count). The van der Waals surface area contributed by atoms with Crippen molar-refractivity contribution in [3.05, 3.63) is 0 Å². The van der Waals surface area contributed by atoms with Crippen LogP contribution in [0.25, 0.3) is 0 Å². The summed E-state index contributed by atoms with van der Waals surface area (Å²) in [4.78, 5) is 13.6. The highest BCUT2D eigenvalue weighted by Gasteiger charge is 2.21. The standard InChI is InChI=1S/C11H22N2O3/c1-3-16-11(14)12-10-5-4-6-13(9-10)7-8-15-2/h10H,3-9H2,1-2H3,(H,12,14).